The maximum absolute atomic E-state index is 12.1. The van der Waals surface area contributed by atoms with Crippen molar-refractivity contribution >= 4 is 21.3 Å². The van der Waals surface area contributed by atoms with E-state index in [0.717, 1.165) is 30.6 Å². The van der Waals surface area contributed by atoms with Gasteiger partial charge in [-0.1, -0.05) is 6.92 Å². The van der Waals surface area contributed by atoms with E-state index < -0.39 is 9.84 Å². The highest BCUT2D eigenvalue weighted by Gasteiger charge is 2.16. The Bertz CT molecular complexity index is 593. The number of sulfone groups is 1. The van der Waals surface area contributed by atoms with Gasteiger partial charge in [0.25, 0.3) is 0 Å². The molecule has 1 heterocycles. The van der Waals surface area contributed by atoms with Crippen LogP contribution in [0.1, 0.15) is 42.1 Å². The number of aryl methyl sites for hydroxylation is 1. The molecule has 20 heavy (non-hydrogen) atoms. The van der Waals surface area contributed by atoms with E-state index in [0.29, 0.717) is 12.0 Å². The Morgan fingerprint density at radius 3 is 2.85 bits per heavy atom. The number of rotatable bonds is 6. The van der Waals surface area contributed by atoms with Gasteiger partial charge in [-0.2, -0.15) is 0 Å². The first-order valence-corrected chi connectivity index (χ1v) is 8.94. The molecule has 0 aliphatic carbocycles. The van der Waals surface area contributed by atoms with Crippen LogP contribution in [0.3, 0.4) is 0 Å². The number of anilines is 1. The summed E-state index contributed by atoms with van der Waals surface area (Å²) in [5.74, 6) is 0.0293. The van der Waals surface area contributed by atoms with E-state index in [4.69, 9.17) is 0 Å². The van der Waals surface area contributed by atoms with Crippen molar-refractivity contribution in [2.75, 3.05) is 23.4 Å². The number of ketones is 1. The fourth-order valence-corrected chi connectivity index (χ4v) is 3.78. The third kappa shape index (κ3) is 3.82. The lowest BCUT2D eigenvalue weighted by atomic mass is 9.98. The minimum atomic E-state index is -3.09. The minimum absolute atomic E-state index is 0.0466. The average Bonchev–Trinajstić information content (AvgIpc) is 2.44. The number of hydrogen-bond acceptors (Lipinski definition) is 4. The predicted octanol–water partition coefficient (Wildman–Crippen LogP) is 2.44. The van der Waals surface area contributed by atoms with Gasteiger partial charge >= 0.3 is 0 Å². The highest BCUT2D eigenvalue weighted by Crippen LogP contribution is 2.23. The molecule has 110 valence electrons. The molecule has 0 spiro atoms. The summed E-state index contributed by atoms with van der Waals surface area (Å²) in [5.41, 5.74) is 2.86. The molecule has 4 nitrogen and oxygen atoms in total. The van der Waals surface area contributed by atoms with Crippen molar-refractivity contribution in [3.63, 3.8) is 0 Å². The lowest BCUT2D eigenvalue weighted by Gasteiger charge is -2.18. The van der Waals surface area contributed by atoms with E-state index in [2.05, 4.69) is 5.32 Å². The Morgan fingerprint density at radius 1 is 1.30 bits per heavy atom. The maximum atomic E-state index is 12.1. The summed E-state index contributed by atoms with van der Waals surface area (Å²) in [6.45, 7) is 2.80. The summed E-state index contributed by atoms with van der Waals surface area (Å²) in [5, 5.41) is 3.29. The number of hydrogen-bond donors (Lipinski definition) is 1. The predicted molar refractivity (Wildman–Crippen MR) is 81.1 cm³/mol. The van der Waals surface area contributed by atoms with Crippen LogP contribution in [-0.4, -0.2) is 32.3 Å². The number of carbonyl (C=O) groups is 1. The number of benzene rings is 1. The summed E-state index contributed by atoms with van der Waals surface area (Å²) in [4.78, 5) is 12.1. The van der Waals surface area contributed by atoms with Crippen LogP contribution in [0, 0.1) is 0 Å². The third-order valence-corrected chi connectivity index (χ3v) is 5.38. The Kier molecular flexibility index (Phi) is 4.81. The summed E-state index contributed by atoms with van der Waals surface area (Å²) in [6, 6.07) is 5.60. The third-order valence-electron chi connectivity index (χ3n) is 3.52. The van der Waals surface area contributed by atoms with E-state index in [1.54, 1.807) is 6.07 Å². The first-order valence-electron chi connectivity index (χ1n) is 7.12. The van der Waals surface area contributed by atoms with E-state index in [1.165, 1.54) is 0 Å². The van der Waals surface area contributed by atoms with E-state index in [9.17, 15) is 13.2 Å². The Balaban J connectivity index is 2.03. The molecule has 0 saturated carbocycles. The van der Waals surface area contributed by atoms with E-state index in [1.807, 2.05) is 19.1 Å². The quantitative estimate of drug-likeness (QED) is 0.819. The fraction of sp³-hybridized carbons (Fsp3) is 0.533. The second-order valence-corrected chi connectivity index (χ2v) is 7.53. The van der Waals surface area contributed by atoms with Gasteiger partial charge in [-0.25, -0.2) is 8.42 Å². The second-order valence-electron chi connectivity index (χ2n) is 5.23. The van der Waals surface area contributed by atoms with Crippen molar-refractivity contribution in [1.29, 1.82) is 0 Å². The van der Waals surface area contributed by atoms with E-state index in [-0.39, 0.29) is 23.7 Å². The van der Waals surface area contributed by atoms with Crippen LogP contribution in [0.5, 0.6) is 0 Å². The van der Waals surface area contributed by atoms with Gasteiger partial charge in [-0.3, -0.25) is 4.79 Å². The molecule has 0 unspecified atom stereocenters. The van der Waals surface area contributed by atoms with E-state index >= 15 is 0 Å². The van der Waals surface area contributed by atoms with Crippen LogP contribution in [0.25, 0.3) is 0 Å². The van der Waals surface area contributed by atoms with Crippen molar-refractivity contribution < 1.29 is 13.2 Å². The smallest absolute Gasteiger partial charge is 0.163 e. The number of Topliss-reactive ketones (excluding diaryl/α,β-unsaturated/α-hetero) is 1. The summed E-state index contributed by atoms with van der Waals surface area (Å²) >= 11 is 0. The SMILES string of the molecule is CCCS(=O)(=O)CCC(=O)c1ccc2c(c1)CCCN2. The zero-order chi connectivity index (χ0) is 14.6. The Labute approximate surface area is 120 Å². The molecule has 0 bridgehead atoms. The number of carbonyl (C=O) groups excluding carboxylic acids is 1. The van der Waals surface area contributed by atoms with Gasteiger partial charge in [-0.15, -0.1) is 0 Å². The van der Waals surface area contributed by atoms with Crippen molar-refractivity contribution in [2.24, 2.45) is 0 Å². The van der Waals surface area contributed by atoms with Gasteiger partial charge in [0.1, 0.15) is 0 Å². The highest BCUT2D eigenvalue weighted by atomic mass is 32.2. The van der Waals surface area contributed by atoms with Crippen LogP contribution in [0.2, 0.25) is 0 Å². The van der Waals surface area contributed by atoms with Crippen LogP contribution in [-0.2, 0) is 16.3 Å². The molecule has 1 aliphatic rings. The molecule has 1 aliphatic heterocycles. The molecule has 1 N–H and O–H groups in total. The molecule has 0 fully saturated rings. The zero-order valence-corrected chi connectivity index (χ0v) is 12.6. The summed E-state index contributed by atoms with van der Waals surface area (Å²) < 4.78 is 23.3. The van der Waals surface area contributed by atoms with Crippen molar-refractivity contribution in [3.8, 4) is 0 Å². The standard InChI is InChI=1S/C15H21NO3S/c1-2-9-20(18,19)10-7-15(17)13-5-6-14-12(11-13)4-3-8-16-14/h5-6,11,16H,2-4,7-10H2,1H3. The lowest BCUT2D eigenvalue weighted by Crippen LogP contribution is -2.15. The largest absolute Gasteiger partial charge is 0.385 e. The number of nitrogens with one attached hydrogen (secondary N) is 1. The molecule has 0 radical (unpaired) electrons. The fourth-order valence-electron chi connectivity index (χ4n) is 2.45. The van der Waals surface area contributed by atoms with Gasteiger partial charge in [0.15, 0.2) is 15.6 Å². The van der Waals surface area contributed by atoms with Gasteiger partial charge in [0.05, 0.1) is 5.75 Å². The van der Waals surface area contributed by atoms with Crippen LogP contribution >= 0.6 is 0 Å². The molecule has 1 aromatic rings. The monoisotopic (exact) mass is 295 g/mol. The molecule has 0 atom stereocenters. The Hall–Kier alpha value is -1.36. The minimum Gasteiger partial charge on any atom is -0.385 e. The van der Waals surface area contributed by atoms with Crippen molar-refractivity contribution in [2.45, 2.75) is 32.6 Å². The Morgan fingerprint density at radius 2 is 2.10 bits per heavy atom. The molecule has 2 rings (SSSR count). The van der Waals surface area contributed by atoms with Crippen LogP contribution in [0.15, 0.2) is 18.2 Å². The highest BCUT2D eigenvalue weighted by molar-refractivity contribution is 7.91. The molecule has 0 saturated heterocycles. The molecule has 0 aromatic heterocycles. The van der Waals surface area contributed by atoms with Gasteiger partial charge < -0.3 is 5.32 Å². The lowest BCUT2D eigenvalue weighted by molar-refractivity contribution is 0.0988. The second kappa shape index (κ2) is 6.39. The van der Waals surface area contributed by atoms with Crippen molar-refractivity contribution in [1.82, 2.24) is 0 Å². The summed E-state index contributed by atoms with van der Waals surface area (Å²) in [7, 11) is -3.09. The van der Waals surface area contributed by atoms with Gasteiger partial charge in [0, 0.05) is 30.0 Å². The maximum Gasteiger partial charge on any atom is 0.163 e. The normalized spacial score (nSPS) is 14.4. The van der Waals surface area contributed by atoms with Gasteiger partial charge in [0.2, 0.25) is 0 Å². The van der Waals surface area contributed by atoms with Gasteiger partial charge in [-0.05, 0) is 43.0 Å². The summed E-state index contributed by atoms with van der Waals surface area (Å²) in [6.07, 6.45) is 2.71. The first-order chi connectivity index (χ1) is 9.52. The van der Waals surface area contributed by atoms with Crippen molar-refractivity contribution in [3.05, 3.63) is 29.3 Å². The average molecular weight is 295 g/mol. The number of fused-ring (bicyclic) bond motifs is 1. The van der Waals surface area contributed by atoms with Crippen LogP contribution < -0.4 is 5.32 Å². The molecular formula is C15H21NO3S. The molecule has 5 heteroatoms. The first kappa shape index (κ1) is 15.0. The molecule has 0 amide bonds. The zero-order valence-electron chi connectivity index (χ0n) is 11.8. The molecule has 1 aromatic carbocycles. The molecular weight excluding hydrogens is 274 g/mol. The topological polar surface area (TPSA) is 63.2 Å². The van der Waals surface area contributed by atoms with Crippen LogP contribution in [0.4, 0.5) is 5.69 Å².